The lowest BCUT2D eigenvalue weighted by Gasteiger charge is -2.41. The highest BCUT2D eigenvalue weighted by Crippen LogP contribution is 2.69. The van der Waals surface area contributed by atoms with Crippen LogP contribution < -0.4 is 0 Å². The first-order chi connectivity index (χ1) is 16.3. The van der Waals surface area contributed by atoms with Crippen LogP contribution in [0.3, 0.4) is 0 Å². The van der Waals surface area contributed by atoms with Crippen LogP contribution in [0.25, 0.3) is 0 Å². The van der Waals surface area contributed by atoms with E-state index in [0.29, 0.717) is 19.5 Å². The Balaban J connectivity index is 2.00. The first-order valence-electron chi connectivity index (χ1n) is 12.6. The van der Waals surface area contributed by atoms with E-state index in [2.05, 4.69) is 27.0 Å². The molecular weight excluding hydrogens is 452 g/mol. The molecule has 3 heterocycles. The minimum atomic E-state index is -0.718. The molecule has 3 aliphatic rings. The molecule has 3 unspecified atom stereocenters. The summed E-state index contributed by atoms with van der Waals surface area (Å²) in [6.45, 7) is 14.5. The van der Waals surface area contributed by atoms with Crippen LogP contribution in [0.1, 0.15) is 52.9 Å². The molecule has 7 atom stereocenters. The molecule has 0 aliphatic carbocycles. The minimum Gasteiger partial charge on any atom is -0.465 e. The molecule has 0 saturated carbocycles. The monoisotopic (exact) mass is 492 g/mol. The van der Waals surface area contributed by atoms with Crippen molar-refractivity contribution >= 4 is 29.5 Å². The molecule has 190 valence electrons. The summed E-state index contributed by atoms with van der Waals surface area (Å²) in [5.74, 6) is -1.78. The quantitative estimate of drug-likeness (QED) is 0.242. The molecule has 2 bridgehead atoms. The lowest BCUT2D eigenvalue weighted by Crippen LogP contribution is -2.59. The lowest BCUT2D eigenvalue weighted by molar-refractivity contribution is -0.154. The Morgan fingerprint density at radius 3 is 2.71 bits per heavy atom. The number of aliphatic hydroxyl groups excluding tert-OH is 1. The topological polar surface area (TPSA) is 87.1 Å². The van der Waals surface area contributed by atoms with Gasteiger partial charge in [0.2, 0.25) is 11.8 Å². The molecule has 0 aromatic rings. The second-order valence-corrected chi connectivity index (χ2v) is 11.4. The van der Waals surface area contributed by atoms with Crippen LogP contribution in [0.4, 0.5) is 0 Å². The van der Waals surface area contributed by atoms with Gasteiger partial charge in [-0.25, -0.2) is 0 Å². The minimum absolute atomic E-state index is 0.0463. The maximum Gasteiger partial charge on any atom is 0.310 e. The maximum absolute atomic E-state index is 14.1. The number of aliphatic hydroxyl groups is 1. The second-order valence-electron chi connectivity index (χ2n) is 9.85. The summed E-state index contributed by atoms with van der Waals surface area (Å²) in [4.78, 5) is 44.5. The zero-order chi connectivity index (χ0) is 25.0. The molecule has 0 aromatic carbocycles. The third-order valence-electron chi connectivity index (χ3n) is 7.69. The fourth-order valence-corrected chi connectivity index (χ4v) is 8.47. The van der Waals surface area contributed by atoms with Gasteiger partial charge in [0.05, 0.1) is 35.8 Å². The van der Waals surface area contributed by atoms with E-state index in [-0.39, 0.29) is 42.2 Å². The SMILES string of the molecule is C=CCCOC(=O)[C@@H]1[C@H]2C(=O)N([C@H](C)CO)C(C(=O)N(CC=C)CCCCC)C23S[C@@H]1CC3C. The highest BCUT2D eigenvalue weighted by Gasteiger charge is 2.76. The largest absolute Gasteiger partial charge is 0.465 e. The average Bonchev–Trinajstić information content (AvgIpc) is 3.41. The van der Waals surface area contributed by atoms with E-state index in [1.807, 2.05) is 0 Å². The van der Waals surface area contributed by atoms with Crippen LogP contribution in [0.15, 0.2) is 25.3 Å². The zero-order valence-corrected chi connectivity index (χ0v) is 21.6. The van der Waals surface area contributed by atoms with Crippen LogP contribution in [0.2, 0.25) is 0 Å². The number of hydrogen-bond donors (Lipinski definition) is 1. The van der Waals surface area contributed by atoms with E-state index in [1.54, 1.807) is 40.6 Å². The van der Waals surface area contributed by atoms with Gasteiger partial charge in [-0.15, -0.1) is 24.9 Å². The number of rotatable bonds is 13. The van der Waals surface area contributed by atoms with E-state index in [0.717, 1.165) is 25.7 Å². The molecule has 7 nitrogen and oxygen atoms in total. The molecule has 3 saturated heterocycles. The van der Waals surface area contributed by atoms with Crippen molar-refractivity contribution in [3.63, 3.8) is 0 Å². The summed E-state index contributed by atoms with van der Waals surface area (Å²) < 4.78 is 4.82. The lowest BCUT2D eigenvalue weighted by atomic mass is 9.66. The number of unbranched alkanes of at least 4 members (excludes halogenated alkanes) is 2. The predicted molar refractivity (Wildman–Crippen MR) is 134 cm³/mol. The highest BCUT2D eigenvalue weighted by atomic mass is 32.2. The molecular formula is C26H40N2O5S. The molecule has 3 aliphatic heterocycles. The van der Waals surface area contributed by atoms with Crippen molar-refractivity contribution in [1.29, 1.82) is 0 Å². The maximum atomic E-state index is 14.1. The number of thioether (sulfide) groups is 1. The summed E-state index contributed by atoms with van der Waals surface area (Å²) in [6.07, 6.45) is 7.67. The molecule has 2 amide bonds. The van der Waals surface area contributed by atoms with Gasteiger partial charge in [0.1, 0.15) is 6.04 Å². The molecule has 1 spiro atoms. The molecule has 3 rings (SSSR count). The second kappa shape index (κ2) is 11.3. The summed E-state index contributed by atoms with van der Waals surface area (Å²) in [7, 11) is 0. The van der Waals surface area contributed by atoms with Crippen LogP contribution in [-0.4, -0.2) is 81.1 Å². The van der Waals surface area contributed by atoms with Crippen molar-refractivity contribution in [2.24, 2.45) is 17.8 Å². The van der Waals surface area contributed by atoms with Crippen LogP contribution in [0, 0.1) is 17.8 Å². The van der Waals surface area contributed by atoms with Gasteiger partial charge in [-0.05, 0) is 32.1 Å². The number of likely N-dealkylation sites (tertiary alicyclic amines) is 1. The number of nitrogens with zero attached hydrogens (tertiary/aromatic N) is 2. The van der Waals surface area contributed by atoms with Crippen molar-refractivity contribution in [3.05, 3.63) is 25.3 Å². The van der Waals surface area contributed by atoms with Crippen molar-refractivity contribution in [1.82, 2.24) is 9.80 Å². The summed E-state index contributed by atoms with van der Waals surface area (Å²) in [6, 6.07) is -1.24. The first kappa shape index (κ1) is 26.8. The van der Waals surface area contributed by atoms with Gasteiger partial charge < -0.3 is 19.6 Å². The molecule has 0 aromatic heterocycles. The highest BCUT2D eigenvalue weighted by molar-refractivity contribution is 8.02. The number of carbonyl (C=O) groups excluding carboxylic acids is 3. The number of amides is 2. The van der Waals surface area contributed by atoms with Crippen molar-refractivity contribution < 1.29 is 24.2 Å². The number of esters is 1. The van der Waals surface area contributed by atoms with Gasteiger partial charge in [-0.3, -0.25) is 14.4 Å². The third-order valence-corrected chi connectivity index (χ3v) is 9.76. The number of ether oxygens (including phenoxy) is 1. The Hall–Kier alpha value is -1.80. The smallest absolute Gasteiger partial charge is 0.310 e. The van der Waals surface area contributed by atoms with Crippen LogP contribution in [0.5, 0.6) is 0 Å². The first-order valence-corrected chi connectivity index (χ1v) is 13.5. The van der Waals surface area contributed by atoms with Gasteiger partial charge in [0.25, 0.3) is 0 Å². The molecule has 1 N–H and O–H groups in total. The molecule has 8 heteroatoms. The van der Waals surface area contributed by atoms with E-state index < -0.39 is 28.7 Å². The van der Waals surface area contributed by atoms with Crippen molar-refractivity contribution in [3.8, 4) is 0 Å². The Kier molecular flexibility index (Phi) is 8.90. The number of hydrogen-bond acceptors (Lipinski definition) is 6. The average molecular weight is 493 g/mol. The molecule has 3 fully saturated rings. The fourth-order valence-electron chi connectivity index (χ4n) is 6.08. The van der Waals surface area contributed by atoms with Crippen LogP contribution >= 0.6 is 11.8 Å². The van der Waals surface area contributed by atoms with Gasteiger partial charge in [0.15, 0.2) is 0 Å². The number of fused-ring (bicyclic) bond motifs is 1. The summed E-state index contributed by atoms with van der Waals surface area (Å²) in [5.41, 5.74) is 0. The molecule has 34 heavy (non-hydrogen) atoms. The Morgan fingerprint density at radius 2 is 2.09 bits per heavy atom. The van der Waals surface area contributed by atoms with Crippen LogP contribution in [-0.2, 0) is 19.1 Å². The normalized spacial score (nSPS) is 32.4. The van der Waals surface area contributed by atoms with Gasteiger partial charge in [0, 0.05) is 18.3 Å². The van der Waals surface area contributed by atoms with Gasteiger partial charge >= 0.3 is 5.97 Å². The summed E-state index contributed by atoms with van der Waals surface area (Å²) >= 11 is 1.63. The van der Waals surface area contributed by atoms with E-state index >= 15 is 0 Å². The van der Waals surface area contributed by atoms with Crippen molar-refractivity contribution in [2.45, 2.75) is 75.0 Å². The third kappa shape index (κ3) is 4.43. The molecule has 0 radical (unpaired) electrons. The van der Waals surface area contributed by atoms with E-state index in [4.69, 9.17) is 4.74 Å². The Labute approximate surface area is 208 Å². The summed E-state index contributed by atoms with van der Waals surface area (Å²) in [5, 5.41) is 9.95. The Bertz CT molecular complexity index is 804. The standard InChI is InChI=1S/C26H40N2O5S/c1-6-9-11-13-27(12-8-3)24(31)22-26-17(4)15-19(34-26)20(25(32)33-14-10-7-2)21(26)23(30)28(22)18(5)16-29/h7-8,17-22,29H,2-3,6,9-16H2,1,4-5H3/t17?,18-,19-,20+,21+,22?,26?/m1/s1. The van der Waals surface area contributed by atoms with Crippen molar-refractivity contribution in [2.75, 3.05) is 26.3 Å². The fraction of sp³-hybridized carbons (Fsp3) is 0.731. The Morgan fingerprint density at radius 1 is 1.35 bits per heavy atom. The van der Waals surface area contributed by atoms with Gasteiger partial charge in [-0.1, -0.05) is 38.8 Å². The van der Waals surface area contributed by atoms with E-state index in [9.17, 15) is 19.5 Å². The zero-order valence-electron chi connectivity index (χ0n) is 20.8. The predicted octanol–water partition coefficient (Wildman–Crippen LogP) is 3.03. The van der Waals surface area contributed by atoms with Gasteiger partial charge in [-0.2, -0.15) is 0 Å². The van der Waals surface area contributed by atoms with E-state index in [1.165, 1.54) is 0 Å². The number of carbonyl (C=O) groups is 3.